The zero-order valence-electron chi connectivity index (χ0n) is 23.9. The second kappa shape index (κ2) is 11.0. The molecule has 3 N–H and O–H groups in total. The number of halogens is 2. The topological polar surface area (TPSA) is 145 Å². The molecule has 43 heavy (non-hydrogen) atoms. The van der Waals surface area contributed by atoms with E-state index in [2.05, 4.69) is 28.0 Å². The third kappa shape index (κ3) is 5.41. The fourth-order valence-electron chi connectivity index (χ4n) is 6.34. The average Bonchev–Trinajstić information content (AvgIpc) is 3.63. The minimum absolute atomic E-state index is 0.00783. The number of aryl methyl sites for hydroxylation is 1. The number of anilines is 2. The highest BCUT2D eigenvalue weighted by Crippen LogP contribution is 2.37. The summed E-state index contributed by atoms with van der Waals surface area (Å²) in [5, 5.41) is 39.9. The summed E-state index contributed by atoms with van der Waals surface area (Å²) in [5.41, 5.74) is 0.948. The highest BCUT2D eigenvalue weighted by Gasteiger charge is 2.47. The molecule has 0 bridgehead atoms. The molecule has 2 aliphatic heterocycles. The van der Waals surface area contributed by atoms with Crippen LogP contribution in [0.3, 0.4) is 0 Å². The molecule has 5 heterocycles. The van der Waals surface area contributed by atoms with Crippen molar-refractivity contribution in [1.82, 2.24) is 20.0 Å². The summed E-state index contributed by atoms with van der Waals surface area (Å²) < 4.78 is 29.6. The van der Waals surface area contributed by atoms with E-state index in [1.54, 1.807) is 23.0 Å². The Labute approximate surface area is 246 Å². The SMILES string of the molecule is CCn1nccc1C(=O)N[C@@H](C1CCC(C)CC1)C1Nc2ccc(-c3c[n+]([O-])ccc3C(=O)N3CC(F)(F)C3)[n+]([O-])c2N1. The van der Waals surface area contributed by atoms with Crippen LogP contribution in [-0.4, -0.2) is 57.7 Å². The first-order valence-electron chi connectivity index (χ1n) is 14.6. The minimum Gasteiger partial charge on any atom is -0.710 e. The lowest BCUT2D eigenvalue weighted by molar-refractivity contribution is -0.606. The summed E-state index contributed by atoms with van der Waals surface area (Å²) in [6.45, 7) is 3.22. The molecule has 1 unspecified atom stereocenters. The van der Waals surface area contributed by atoms with Crippen LogP contribution in [0.25, 0.3) is 11.3 Å². The number of hydrogen-bond acceptors (Lipinski definition) is 7. The van der Waals surface area contributed by atoms with Gasteiger partial charge in [0.25, 0.3) is 17.7 Å². The Bertz CT molecular complexity index is 1550. The summed E-state index contributed by atoms with van der Waals surface area (Å²) in [6, 6.07) is 5.67. The summed E-state index contributed by atoms with van der Waals surface area (Å²) in [7, 11) is 0. The molecule has 2 fully saturated rings. The third-order valence-electron chi connectivity index (χ3n) is 8.73. The van der Waals surface area contributed by atoms with Crippen molar-refractivity contribution < 1.29 is 27.8 Å². The number of aromatic nitrogens is 4. The number of carbonyl (C=O) groups is 2. The molecular formula is C29H34F2N8O4. The maximum atomic E-state index is 13.7. The number of alkyl halides is 2. The quantitative estimate of drug-likeness (QED) is 0.281. The molecule has 3 aromatic rings. The lowest BCUT2D eigenvalue weighted by atomic mass is 9.78. The summed E-state index contributed by atoms with van der Waals surface area (Å²) >= 11 is 0. The molecule has 14 heteroatoms. The molecule has 3 aliphatic rings. The first-order valence-corrected chi connectivity index (χ1v) is 14.6. The second-order valence-electron chi connectivity index (χ2n) is 11.7. The van der Waals surface area contributed by atoms with E-state index in [1.807, 2.05) is 6.92 Å². The molecular weight excluding hydrogens is 562 g/mol. The minimum atomic E-state index is -2.96. The van der Waals surface area contributed by atoms with E-state index >= 15 is 0 Å². The summed E-state index contributed by atoms with van der Waals surface area (Å²) in [5.74, 6) is -3.01. The van der Waals surface area contributed by atoms with Gasteiger partial charge in [-0.15, -0.1) is 0 Å². The Kier molecular flexibility index (Phi) is 7.30. The average molecular weight is 597 g/mol. The van der Waals surface area contributed by atoms with E-state index in [0.717, 1.165) is 43.0 Å². The van der Waals surface area contributed by atoms with Crippen LogP contribution in [0.15, 0.2) is 42.9 Å². The molecule has 0 aromatic carbocycles. The van der Waals surface area contributed by atoms with Crippen molar-refractivity contribution in [2.75, 3.05) is 23.7 Å². The Morgan fingerprint density at radius 3 is 2.58 bits per heavy atom. The highest BCUT2D eigenvalue weighted by molar-refractivity contribution is 6.00. The normalized spacial score (nSPS) is 23.0. The Morgan fingerprint density at radius 2 is 1.88 bits per heavy atom. The van der Waals surface area contributed by atoms with Crippen LogP contribution in [0, 0.1) is 22.3 Å². The predicted molar refractivity (Wildman–Crippen MR) is 152 cm³/mol. The second-order valence-corrected chi connectivity index (χ2v) is 11.7. The summed E-state index contributed by atoms with van der Waals surface area (Å²) in [6.07, 6.45) is 7.12. The van der Waals surface area contributed by atoms with E-state index < -0.39 is 31.1 Å². The largest absolute Gasteiger partial charge is 0.710 e. The molecule has 1 aliphatic carbocycles. The fourth-order valence-corrected chi connectivity index (χ4v) is 6.34. The smallest absolute Gasteiger partial charge is 0.303 e. The molecule has 0 spiro atoms. The third-order valence-corrected chi connectivity index (χ3v) is 8.73. The van der Waals surface area contributed by atoms with Crippen molar-refractivity contribution in [3.63, 3.8) is 0 Å². The van der Waals surface area contributed by atoms with Crippen LogP contribution in [0.5, 0.6) is 0 Å². The zero-order chi connectivity index (χ0) is 30.5. The molecule has 2 atom stereocenters. The number of nitrogens with one attached hydrogen (secondary N) is 3. The molecule has 1 saturated carbocycles. The van der Waals surface area contributed by atoms with E-state index in [1.165, 1.54) is 12.1 Å². The van der Waals surface area contributed by atoms with Crippen LogP contribution in [0.1, 0.15) is 60.4 Å². The monoisotopic (exact) mass is 596 g/mol. The van der Waals surface area contributed by atoms with Gasteiger partial charge in [0.2, 0.25) is 0 Å². The molecule has 228 valence electrons. The van der Waals surface area contributed by atoms with Crippen LogP contribution in [-0.2, 0) is 6.54 Å². The van der Waals surface area contributed by atoms with Gasteiger partial charge in [-0.05, 0) is 49.8 Å². The molecule has 12 nitrogen and oxygen atoms in total. The Hall–Kier alpha value is -4.49. The van der Waals surface area contributed by atoms with Gasteiger partial charge < -0.3 is 25.9 Å². The number of pyridine rings is 2. The van der Waals surface area contributed by atoms with Crippen LogP contribution in [0.4, 0.5) is 20.3 Å². The van der Waals surface area contributed by atoms with E-state index in [0.29, 0.717) is 33.3 Å². The summed E-state index contributed by atoms with van der Waals surface area (Å²) in [4.78, 5) is 27.4. The Balaban J connectivity index is 1.29. The number of rotatable bonds is 7. The predicted octanol–water partition coefficient (Wildman–Crippen LogP) is 2.72. The number of likely N-dealkylation sites (tertiary alicyclic amines) is 1. The fraction of sp³-hybridized carbons (Fsp3) is 0.483. The van der Waals surface area contributed by atoms with Crippen molar-refractivity contribution >= 4 is 23.3 Å². The molecule has 2 amide bonds. The first kappa shape index (κ1) is 28.6. The van der Waals surface area contributed by atoms with Crippen molar-refractivity contribution in [2.24, 2.45) is 11.8 Å². The lowest BCUT2D eigenvalue weighted by Gasteiger charge is -2.38. The standard InChI is InChI=1S/C29H34F2N8O4/c1-3-38-23(10-12-32-38)27(40)34-24(18-6-4-17(2)5-7-18)25-33-21-8-9-22(39(43)26(21)35-25)20-14-37(42)13-11-19(20)28(41)36-15-29(30,31)16-36/h8-14,17-18,24-25,33,35H,3-7,15-16H2,1-2H3,(H,34,40)/t17?,18?,24-,25?/m0/s1. The number of nitrogens with zero attached hydrogens (tertiary/aromatic N) is 5. The maximum absolute atomic E-state index is 13.7. The van der Waals surface area contributed by atoms with Crippen molar-refractivity contribution in [3.8, 4) is 11.3 Å². The van der Waals surface area contributed by atoms with Gasteiger partial charge in [-0.25, -0.2) is 18.8 Å². The van der Waals surface area contributed by atoms with Crippen molar-refractivity contribution in [1.29, 1.82) is 0 Å². The van der Waals surface area contributed by atoms with Gasteiger partial charge in [0.05, 0.1) is 30.3 Å². The number of amides is 2. The van der Waals surface area contributed by atoms with Crippen LogP contribution < -0.4 is 25.4 Å². The molecule has 3 aromatic heterocycles. The van der Waals surface area contributed by atoms with Gasteiger partial charge in [0.1, 0.15) is 17.1 Å². The maximum Gasteiger partial charge on any atom is 0.303 e. The van der Waals surface area contributed by atoms with Gasteiger partial charge >= 0.3 is 5.82 Å². The van der Waals surface area contributed by atoms with Crippen molar-refractivity contribution in [2.45, 2.75) is 64.2 Å². The van der Waals surface area contributed by atoms with E-state index in [4.69, 9.17) is 0 Å². The zero-order valence-corrected chi connectivity index (χ0v) is 23.9. The first-order chi connectivity index (χ1) is 20.5. The number of fused-ring (bicyclic) bond motifs is 1. The van der Waals surface area contributed by atoms with Crippen LogP contribution in [0.2, 0.25) is 0 Å². The molecule has 1 saturated heterocycles. The van der Waals surface area contributed by atoms with Crippen molar-refractivity contribution in [3.05, 3.63) is 64.5 Å². The molecule has 0 radical (unpaired) electrons. The van der Waals surface area contributed by atoms with Crippen LogP contribution >= 0.6 is 0 Å². The number of carbonyl (C=O) groups excluding carboxylic acids is 2. The Morgan fingerprint density at radius 1 is 1.14 bits per heavy atom. The van der Waals surface area contributed by atoms with Gasteiger partial charge in [-0.2, -0.15) is 9.83 Å². The molecule has 6 rings (SSSR count). The highest BCUT2D eigenvalue weighted by atomic mass is 19.3. The van der Waals surface area contributed by atoms with Gasteiger partial charge in [-0.1, -0.05) is 19.8 Å². The van der Waals surface area contributed by atoms with Gasteiger partial charge in [-0.3, -0.25) is 14.3 Å². The van der Waals surface area contributed by atoms with Gasteiger partial charge in [0.15, 0.2) is 18.6 Å². The van der Waals surface area contributed by atoms with E-state index in [9.17, 15) is 28.8 Å². The van der Waals surface area contributed by atoms with E-state index in [-0.39, 0.29) is 40.5 Å². The van der Waals surface area contributed by atoms with Gasteiger partial charge in [0, 0.05) is 18.8 Å². The number of hydrogen-bond donors (Lipinski definition) is 3. The lowest BCUT2D eigenvalue weighted by Crippen LogP contribution is -2.58.